The van der Waals surface area contributed by atoms with Crippen molar-refractivity contribution in [2.24, 2.45) is 0 Å². The van der Waals surface area contributed by atoms with Crippen molar-refractivity contribution in [1.82, 2.24) is 4.90 Å². The van der Waals surface area contributed by atoms with Crippen LogP contribution in [0.1, 0.15) is 25.7 Å². The van der Waals surface area contributed by atoms with Gasteiger partial charge in [-0.1, -0.05) is 0 Å². The average Bonchev–Trinajstić information content (AvgIpc) is 2.82. The van der Waals surface area contributed by atoms with Crippen LogP contribution < -0.4 is 0 Å². The number of rotatable bonds is 5. The van der Waals surface area contributed by atoms with Crippen molar-refractivity contribution in [3.8, 4) is 0 Å². The molecule has 0 aromatic heterocycles. The maximum Gasteiger partial charge on any atom is 0.0837 e. The molecule has 2 aliphatic heterocycles. The predicted molar refractivity (Wildman–Crippen MR) is 65.1 cm³/mol. The van der Waals surface area contributed by atoms with E-state index < -0.39 is 0 Å². The molecule has 0 radical (unpaired) electrons. The lowest BCUT2D eigenvalue weighted by Gasteiger charge is -2.32. The molecule has 2 saturated heterocycles. The molecule has 0 amide bonds. The van der Waals surface area contributed by atoms with Gasteiger partial charge in [0.1, 0.15) is 0 Å². The Morgan fingerprint density at radius 3 is 2.81 bits per heavy atom. The van der Waals surface area contributed by atoms with Crippen molar-refractivity contribution in [3.05, 3.63) is 0 Å². The quantitative estimate of drug-likeness (QED) is 0.693. The highest BCUT2D eigenvalue weighted by Gasteiger charge is 2.20. The molecule has 2 heterocycles. The van der Waals surface area contributed by atoms with Gasteiger partial charge in [0.2, 0.25) is 0 Å². The molecular formula is C12H22ClNO2. The second kappa shape index (κ2) is 6.80. The van der Waals surface area contributed by atoms with Gasteiger partial charge < -0.3 is 9.47 Å². The van der Waals surface area contributed by atoms with E-state index in [9.17, 15) is 0 Å². The number of alkyl halides is 1. The summed E-state index contributed by atoms with van der Waals surface area (Å²) in [5.74, 6) is 0.613. The van der Waals surface area contributed by atoms with Crippen molar-refractivity contribution < 1.29 is 9.47 Å². The van der Waals surface area contributed by atoms with Crippen LogP contribution in [0, 0.1) is 0 Å². The van der Waals surface area contributed by atoms with Crippen LogP contribution in [0.15, 0.2) is 0 Å². The normalized spacial score (nSPS) is 32.1. The van der Waals surface area contributed by atoms with E-state index >= 15 is 0 Å². The number of morpholine rings is 1. The molecule has 4 heteroatoms. The van der Waals surface area contributed by atoms with E-state index in [4.69, 9.17) is 21.1 Å². The van der Waals surface area contributed by atoms with E-state index in [1.165, 1.54) is 25.7 Å². The molecule has 94 valence electrons. The van der Waals surface area contributed by atoms with Crippen LogP contribution in [0.4, 0.5) is 0 Å². The Labute approximate surface area is 103 Å². The molecule has 0 bridgehead atoms. The number of nitrogens with zero attached hydrogens (tertiary/aromatic N) is 1. The molecule has 0 N–H and O–H groups in total. The Morgan fingerprint density at radius 2 is 2.06 bits per heavy atom. The third-order valence-corrected chi connectivity index (χ3v) is 3.76. The fourth-order valence-electron chi connectivity index (χ4n) is 2.49. The topological polar surface area (TPSA) is 21.7 Å². The summed E-state index contributed by atoms with van der Waals surface area (Å²) in [6.07, 6.45) is 5.72. The lowest BCUT2D eigenvalue weighted by atomic mass is 10.1. The van der Waals surface area contributed by atoms with Gasteiger partial charge in [0.15, 0.2) is 0 Å². The van der Waals surface area contributed by atoms with Crippen molar-refractivity contribution in [2.45, 2.75) is 37.9 Å². The van der Waals surface area contributed by atoms with Gasteiger partial charge in [-0.15, -0.1) is 11.6 Å². The fraction of sp³-hybridized carbons (Fsp3) is 1.00. The molecular weight excluding hydrogens is 226 g/mol. The summed E-state index contributed by atoms with van der Waals surface area (Å²) in [7, 11) is 0. The molecule has 2 atom stereocenters. The van der Waals surface area contributed by atoms with E-state index in [-0.39, 0.29) is 6.10 Å². The fourth-order valence-corrected chi connectivity index (χ4v) is 2.68. The van der Waals surface area contributed by atoms with E-state index in [1.54, 1.807) is 0 Å². The first-order chi connectivity index (χ1) is 7.88. The summed E-state index contributed by atoms with van der Waals surface area (Å²) in [4.78, 5) is 2.46. The Kier molecular flexibility index (Phi) is 5.36. The van der Waals surface area contributed by atoms with Gasteiger partial charge >= 0.3 is 0 Å². The predicted octanol–water partition coefficient (Wildman–Crippen LogP) is 1.89. The number of hydrogen-bond acceptors (Lipinski definition) is 3. The lowest BCUT2D eigenvalue weighted by Crippen LogP contribution is -2.43. The highest BCUT2D eigenvalue weighted by Crippen LogP contribution is 2.17. The van der Waals surface area contributed by atoms with Crippen LogP contribution in [-0.2, 0) is 9.47 Å². The minimum atomic E-state index is 0.234. The molecule has 2 rings (SSSR count). The molecule has 3 nitrogen and oxygen atoms in total. The van der Waals surface area contributed by atoms with Crippen molar-refractivity contribution in [1.29, 1.82) is 0 Å². The first-order valence-electron chi connectivity index (χ1n) is 6.40. The van der Waals surface area contributed by atoms with Crippen LogP contribution in [0.2, 0.25) is 0 Å². The zero-order valence-corrected chi connectivity index (χ0v) is 10.6. The summed E-state index contributed by atoms with van der Waals surface area (Å²) >= 11 is 5.81. The van der Waals surface area contributed by atoms with Gasteiger partial charge in [0.25, 0.3) is 0 Å². The highest BCUT2D eigenvalue weighted by atomic mass is 35.5. The third kappa shape index (κ3) is 3.88. The number of halogens is 1. The van der Waals surface area contributed by atoms with Crippen LogP contribution in [0.25, 0.3) is 0 Å². The first kappa shape index (κ1) is 12.6. The van der Waals surface area contributed by atoms with E-state index in [0.717, 1.165) is 32.8 Å². The van der Waals surface area contributed by atoms with Gasteiger partial charge in [-0.3, -0.25) is 4.90 Å². The van der Waals surface area contributed by atoms with Crippen LogP contribution >= 0.6 is 11.6 Å². The highest BCUT2D eigenvalue weighted by molar-refractivity contribution is 6.18. The van der Waals surface area contributed by atoms with Gasteiger partial charge in [-0.05, 0) is 32.2 Å². The molecule has 16 heavy (non-hydrogen) atoms. The standard InChI is InChI=1S/C12H22ClNO2/c13-9-12-10-14(6-8-16-12)5-1-3-11-4-2-7-15-11/h11-12H,1-10H2. The van der Waals surface area contributed by atoms with Crippen molar-refractivity contribution in [3.63, 3.8) is 0 Å². The lowest BCUT2D eigenvalue weighted by molar-refractivity contribution is -0.0179. The molecule has 0 aromatic rings. The van der Waals surface area contributed by atoms with Gasteiger partial charge in [-0.2, -0.15) is 0 Å². The third-order valence-electron chi connectivity index (χ3n) is 3.42. The van der Waals surface area contributed by atoms with Crippen LogP contribution in [-0.4, -0.2) is 55.8 Å². The Morgan fingerprint density at radius 1 is 1.19 bits per heavy atom. The summed E-state index contributed by atoms with van der Waals surface area (Å²) in [5.41, 5.74) is 0. The molecule has 2 aliphatic rings. The van der Waals surface area contributed by atoms with Gasteiger partial charge in [0.05, 0.1) is 18.8 Å². The first-order valence-corrected chi connectivity index (χ1v) is 6.93. The second-order valence-electron chi connectivity index (χ2n) is 4.72. The van der Waals surface area contributed by atoms with Crippen LogP contribution in [0.5, 0.6) is 0 Å². The largest absolute Gasteiger partial charge is 0.378 e. The molecule has 0 aromatic carbocycles. The van der Waals surface area contributed by atoms with Gasteiger partial charge in [-0.25, -0.2) is 0 Å². The monoisotopic (exact) mass is 247 g/mol. The molecule has 0 spiro atoms. The van der Waals surface area contributed by atoms with E-state index in [0.29, 0.717) is 12.0 Å². The summed E-state index contributed by atoms with van der Waals surface area (Å²) < 4.78 is 11.2. The minimum Gasteiger partial charge on any atom is -0.378 e. The van der Waals surface area contributed by atoms with Crippen LogP contribution in [0.3, 0.4) is 0 Å². The van der Waals surface area contributed by atoms with E-state index in [2.05, 4.69) is 4.90 Å². The molecule has 0 aliphatic carbocycles. The zero-order chi connectivity index (χ0) is 11.2. The Bertz CT molecular complexity index is 197. The van der Waals surface area contributed by atoms with Crippen molar-refractivity contribution >= 4 is 11.6 Å². The Balaban J connectivity index is 1.58. The maximum absolute atomic E-state index is 5.81. The number of hydrogen-bond donors (Lipinski definition) is 0. The second-order valence-corrected chi connectivity index (χ2v) is 5.03. The molecule has 2 unspecified atom stereocenters. The minimum absolute atomic E-state index is 0.234. The zero-order valence-electron chi connectivity index (χ0n) is 9.87. The van der Waals surface area contributed by atoms with Gasteiger partial charge in [0, 0.05) is 25.6 Å². The summed E-state index contributed by atoms with van der Waals surface area (Å²) in [6, 6.07) is 0. The smallest absolute Gasteiger partial charge is 0.0837 e. The summed E-state index contributed by atoms with van der Waals surface area (Å²) in [6.45, 7) is 5.01. The maximum atomic E-state index is 5.81. The van der Waals surface area contributed by atoms with Crippen molar-refractivity contribution in [2.75, 3.05) is 38.7 Å². The Hall–Kier alpha value is 0.170. The average molecular weight is 248 g/mol. The molecule has 2 fully saturated rings. The number of ether oxygens (including phenoxy) is 2. The van der Waals surface area contributed by atoms with E-state index in [1.807, 2.05) is 0 Å². The SMILES string of the molecule is ClCC1CN(CCCC2CCCO2)CCO1. The summed E-state index contributed by atoms with van der Waals surface area (Å²) in [5, 5.41) is 0. The molecule has 0 saturated carbocycles.